The molecule has 5 heteroatoms. The van der Waals surface area contributed by atoms with Crippen LogP contribution in [0, 0.1) is 45.2 Å². The summed E-state index contributed by atoms with van der Waals surface area (Å²) in [5, 5.41) is 19.0. The third-order valence-electron chi connectivity index (χ3n) is 4.82. The number of carbonyl (C=O) groups excluding carboxylic acids is 1. The van der Waals surface area contributed by atoms with E-state index in [0.29, 0.717) is 5.56 Å². The Morgan fingerprint density at radius 2 is 1.76 bits per heavy atom. The minimum Gasteiger partial charge on any atom is -0.294 e. The smallest absolute Gasteiger partial charge is 0.169 e. The second-order valence-corrected chi connectivity index (χ2v) is 6.83. The molecular formula is C16H13FN2OS. The molecular weight excluding hydrogens is 287 g/mol. The van der Waals surface area contributed by atoms with Crippen LogP contribution in [0.15, 0.2) is 24.3 Å². The van der Waals surface area contributed by atoms with Crippen molar-refractivity contribution in [2.45, 2.75) is 12.8 Å². The summed E-state index contributed by atoms with van der Waals surface area (Å²) < 4.78 is 13.0. The molecule has 1 aromatic rings. The molecule has 21 heavy (non-hydrogen) atoms. The normalized spacial score (nSPS) is 24.8. The summed E-state index contributed by atoms with van der Waals surface area (Å²) >= 11 is 1.79. The van der Waals surface area contributed by atoms with Gasteiger partial charge in [-0.2, -0.15) is 22.3 Å². The van der Waals surface area contributed by atoms with Gasteiger partial charge in [0, 0.05) is 11.0 Å². The Kier molecular flexibility index (Phi) is 3.26. The number of benzene rings is 1. The molecule has 3 nitrogen and oxygen atoms in total. The second kappa shape index (κ2) is 4.86. The lowest BCUT2D eigenvalue weighted by Gasteiger charge is -2.22. The van der Waals surface area contributed by atoms with Gasteiger partial charge in [-0.05, 0) is 48.6 Å². The van der Waals surface area contributed by atoms with E-state index < -0.39 is 22.6 Å². The summed E-state index contributed by atoms with van der Waals surface area (Å²) in [5.41, 5.74) is -1.33. The largest absolute Gasteiger partial charge is 0.294 e. The number of hydrogen-bond acceptors (Lipinski definition) is 4. The highest BCUT2D eigenvalue weighted by atomic mass is 32.2. The number of carbonyl (C=O) groups is 1. The van der Waals surface area contributed by atoms with Gasteiger partial charge in [0.25, 0.3) is 0 Å². The fraction of sp³-hybridized carbons (Fsp3) is 0.438. The van der Waals surface area contributed by atoms with Gasteiger partial charge >= 0.3 is 0 Å². The zero-order valence-corrected chi connectivity index (χ0v) is 12.1. The SMILES string of the molecule is N#CC1(C#N)[C@@H](C(=O)c2ccc(F)cc2)C12CCSCC2. The Balaban J connectivity index is 1.97. The van der Waals surface area contributed by atoms with Crippen molar-refractivity contribution in [3.05, 3.63) is 35.6 Å². The van der Waals surface area contributed by atoms with Crippen molar-refractivity contribution in [2.24, 2.45) is 16.7 Å². The third kappa shape index (κ3) is 1.81. The molecule has 1 saturated carbocycles. The van der Waals surface area contributed by atoms with Crippen LogP contribution < -0.4 is 0 Å². The molecule has 1 heterocycles. The van der Waals surface area contributed by atoms with E-state index >= 15 is 0 Å². The van der Waals surface area contributed by atoms with Crippen LogP contribution in [0.1, 0.15) is 23.2 Å². The molecule has 1 saturated heterocycles. The fourth-order valence-corrected chi connectivity index (χ4v) is 4.84. The molecule has 1 aromatic carbocycles. The maximum absolute atomic E-state index is 13.0. The van der Waals surface area contributed by atoms with Crippen molar-refractivity contribution in [3.63, 3.8) is 0 Å². The predicted octanol–water partition coefficient (Wildman–Crippen LogP) is 3.19. The van der Waals surface area contributed by atoms with Gasteiger partial charge in [-0.15, -0.1) is 0 Å². The lowest BCUT2D eigenvalue weighted by molar-refractivity contribution is 0.0943. The first kappa shape index (κ1) is 14.1. The molecule has 1 aliphatic heterocycles. The average molecular weight is 300 g/mol. The van der Waals surface area contributed by atoms with Crippen molar-refractivity contribution in [1.29, 1.82) is 10.5 Å². The van der Waals surface area contributed by atoms with Gasteiger partial charge in [-0.3, -0.25) is 4.79 Å². The Hall–Kier alpha value is -1.85. The van der Waals surface area contributed by atoms with Gasteiger partial charge < -0.3 is 0 Å². The van der Waals surface area contributed by atoms with Crippen LogP contribution in [0.4, 0.5) is 4.39 Å². The van der Waals surface area contributed by atoms with Gasteiger partial charge in [-0.1, -0.05) is 0 Å². The fourth-order valence-electron chi connectivity index (χ4n) is 3.62. The molecule has 0 bridgehead atoms. The number of nitriles is 2. The highest BCUT2D eigenvalue weighted by Gasteiger charge is 2.80. The first-order valence-electron chi connectivity index (χ1n) is 6.81. The highest BCUT2D eigenvalue weighted by molar-refractivity contribution is 7.99. The van der Waals surface area contributed by atoms with Crippen LogP contribution >= 0.6 is 11.8 Å². The summed E-state index contributed by atoms with van der Waals surface area (Å²) in [6.45, 7) is 0. The van der Waals surface area contributed by atoms with Crippen LogP contribution in [-0.4, -0.2) is 17.3 Å². The van der Waals surface area contributed by atoms with Crippen molar-refractivity contribution in [3.8, 4) is 12.1 Å². The number of hydrogen-bond donors (Lipinski definition) is 0. The van der Waals surface area contributed by atoms with Gasteiger partial charge in [0.2, 0.25) is 0 Å². The predicted molar refractivity (Wildman–Crippen MR) is 76.9 cm³/mol. The summed E-state index contributed by atoms with van der Waals surface area (Å²) in [6, 6.07) is 9.55. The van der Waals surface area contributed by atoms with Crippen LogP contribution in [0.3, 0.4) is 0 Å². The lowest BCUT2D eigenvalue weighted by atomic mass is 9.89. The number of halogens is 1. The molecule has 1 aliphatic carbocycles. The second-order valence-electron chi connectivity index (χ2n) is 5.60. The van der Waals surface area contributed by atoms with Gasteiger partial charge in [0.05, 0.1) is 18.1 Å². The number of rotatable bonds is 2. The first-order valence-corrected chi connectivity index (χ1v) is 7.97. The molecule has 2 fully saturated rings. The van der Waals surface area contributed by atoms with Gasteiger partial charge in [-0.25, -0.2) is 4.39 Å². The van der Waals surface area contributed by atoms with Crippen molar-refractivity contribution < 1.29 is 9.18 Å². The molecule has 1 atom stereocenters. The lowest BCUT2D eigenvalue weighted by Crippen LogP contribution is -2.19. The zero-order chi connectivity index (χ0) is 15.1. The third-order valence-corrected chi connectivity index (χ3v) is 5.80. The molecule has 2 aliphatic rings. The molecule has 0 aromatic heterocycles. The molecule has 106 valence electrons. The monoisotopic (exact) mass is 300 g/mol. The number of nitrogens with zero attached hydrogens (tertiary/aromatic N) is 2. The quantitative estimate of drug-likeness (QED) is 0.787. The summed E-state index contributed by atoms with van der Waals surface area (Å²) in [4.78, 5) is 12.7. The van der Waals surface area contributed by atoms with Gasteiger partial charge in [0.1, 0.15) is 5.82 Å². The summed E-state index contributed by atoms with van der Waals surface area (Å²) in [7, 11) is 0. The van der Waals surface area contributed by atoms with E-state index in [-0.39, 0.29) is 5.78 Å². The highest BCUT2D eigenvalue weighted by Crippen LogP contribution is 2.74. The van der Waals surface area contributed by atoms with Gasteiger partial charge in [0.15, 0.2) is 11.2 Å². The maximum atomic E-state index is 13.0. The molecule has 0 unspecified atom stereocenters. The topological polar surface area (TPSA) is 64.7 Å². The van der Waals surface area contributed by atoms with E-state index in [2.05, 4.69) is 12.1 Å². The number of thioether (sulfide) groups is 1. The van der Waals surface area contributed by atoms with E-state index in [9.17, 15) is 19.7 Å². The average Bonchev–Trinajstić information content (AvgIpc) is 3.08. The van der Waals surface area contributed by atoms with E-state index in [1.165, 1.54) is 24.3 Å². The standard InChI is InChI=1S/C16H13FN2OS/c17-12-3-1-11(2-4-12)13(20)14-15(5-7-21-8-6-15)16(14,9-18)10-19/h1-4,14H,5-8H2/t14-/m0/s1. The van der Waals surface area contributed by atoms with E-state index in [0.717, 1.165) is 24.3 Å². The molecule has 0 radical (unpaired) electrons. The molecule has 0 N–H and O–H groups in total. The minimum absolute atomic E-state index is 0.204. The zero-order valence-electron chi connectivity index (χ0n) is 11.3. The van der Waals surface area contributed by atoms with Crippen molar-refractivity contribution in [2.75, 3.05) is 11.5 Å². The summed E-state index contributed by atoms with van der Waals surface area (Å²) in [5.74, 6) is 0.561. The Bertz CT molecular complexity index is 651. The van der Waals surface area contributed by atoms with Crippen LogP contribution in [0.2, 0.25) is 0 Å². The van der Waals surface area contributed by atoms with E-state index in [1.807, 2.05) is 0 Å². The Morgan fingerprint density at radius 3 is 2.29 bits per heavy atom. The van der Waals surface area contributed by atoms with E-state index in [1.54, 1.807) is 11.8 Å². The van der Waals surface area contributed by atoms with Crippen LogP contribution in [0.25, 0.3) is 0 Å². The number of Topliss-reactive ketones (excluding diaryl/α,β-unsaturated/α-hetero) is 1. The van der Waals surface area contributed by atoms with Crippen LogP contribution in [0.5, 0.6) is 0 Å². The minimum atomic E-state index is -1.21. The van der Waals surface area contributed by atoms with Crippen LogP contribution in [-0.2, 0) is 0 Å². The number of ketones is 1. The maximum Gasteiger partial charge on any atom is 0.169 e. The molecule has 1 spiro atoms. The summed E-state index contributed by atoms with van der Waals surface area (Å²) in [6.07, 6.45) is 1.44. The molecule has 3 rings (SSSR count). The molecule has 0 amide bonds. The van der Waals surface area contributed by atoms with E-state index in [4.69, 9.17) is 0 Å². The first-order chi connectivity index (χ1) is 10.1. The van der Waals surface area contributed by atoms with Crippen molar-refractivity contribution >= 4 is 17.5 Å². The Labute approximate surface area is 126 Å². The van der Waals surface area contributed by atoms with Crippen molar-refractivity contribution in [1.82, 2.24) is 0 Å². The Morgan fingerprint density at radius 1 is 1.19 bits per heavy atom.